The number of carbonyl (C=O) groups is 3. The monoisotopic (exact) mass is 272 g/mol. The summed E-state index contributed by atoms with van der Waals surface area (Å²) >= 11 is 0.867. The maximum absolute atomic E-state index is 11.5. The van der Waals surface area contributed by atoms with E-state index >= 15 is 0 Å². The minimum Gasteiger partial charge on any atom is -0.465 e. The van der Waals surface area contributed by atoms with Crippen LogP contribution in [0.4, 0.5) is 0 Å². The number of thiophene rings is 1. The van der Waals surface area contributed by atoms with Crippen LogP contribution in [0, 0.1) is 6.92 Å². The third kappa shape index (κ3) is 2.67. The molecule has 0 aliphatic carbocycles. The Morgan fingerprint density at radius 2 is 1.50 bits per heavy atom. The van der Waals surface area contributed by atoms with Gasteiger partial charge in [0.1, 0.15) is 4.88 Å². The molecule has 18 heavy (non-hydrogen) atoms. The van der Waals surface area contributed by atoms with Crippen LogP contribution < -0.4 is 4.74 Å². The first-order chi connectivity index (χ1) is 8.42. The third-order valence-corrected chi connectivity index (χ3v) is 3.31. The first-order valence-corrected chi connectivity index (χ1v) is 5.72. The van der Waals surface area contributed by atoms with E-state index in [2.05, 4.69) is 9.47 Å². The molecule has 98 valence electrons. The molecule has 0 aliphatic rings. The summed E-state index contributed by atoms with van der Waals surface area (Å²) in [4.78, 5) is 34.3. The number of ether oxygens (including phenoxy) is 3. The first kappa shape index (κ1) is 14.2. The molecule has 1 rings (SSSR count). The summed E-state index contributed by atoms with van der Waals surface area (Å²) in [5.74, 6) is -1.81. The number of hydrogen-bond donors (Lipinski definition) is 0. The van der Waals surface area contributed by atoms with Gasteiger partial charge in [0, 0.05) is 12.5 Å². The molecule has 0 radical (unpaired) electrons. The number of esters is 3. The lowest BCUT2D eigenvalue weighted by Gasteiger charge is -2.03. The zero-order valence-corrected chi connectivity index (χ0v) is 11.2. The summed E-state index contributed by atoms with van der Waals surface area (Å²) in [5, 5.41) is 0. The zero-order valence-electron chi connectivity index (χ0n) is 10.4. The van der Waals surface area contributed by atoms with Crippen molar-refractivity contribution in [3.8, 4) is 5.75 Å². The van der Waals surface area contributed by atoms with E-state index < -0.39 is 17.9 Å². The molecule has 0 atom stereocenters. The maximum Gasteiger partial charge on any atom is 0.351 e. The van der Waals surface area contributed by atoms with Crippen molar-refractivity contribution in [3.05, 3.63) is 15.3 Å². The first-order valence-electron chi connectivity index (χ1n) is 4.90. The van der Waals surface area contributed by atoms with Crippen molar-refractivity contribution in [2.75, 3.05) is 14.2 Å². The van der Waals surface area contributed by atoms with Gasteiger partial charge in [0.05, 0.1) is 14.2 Å². The van der Waals surface area contributed by atoms with Gasteiger partial charge >= 0.3 is 17.9 Å². The number of carbonyl (C=O) groups excluding carboxylic acids is 3. The molecule has 0 unspecified atom stereocenters. The molecule has 0 amide bonds. The van der Waals surface area contributed by atoms with Crippen molar-refractivity contribution in [2.24, 2.45) is 0 Å². The van der Waals surface area contributed by atoms with E-state index in [1.54, 1.807) is 6.92 Å². The summed E-state index contributed by atoms with van der Waals surface area (Å²) < 4.78 is 14.1. The molecule has 0 aliphatic heterocycles. The van der Waals surface area contributed by atoms with Crippen LogP contribution in [0.1, 0.15) is 31.8 Å². The molecule has 7 heteroatoms. The summed E-state index contributed by atoms with van der Waals surface area (Å²) in [6, 6.07) is 0. The van der Waals surface area contributed by atoms with Crippen LogP contribution in [-0.2, 0) is 14.3 Å². The minimum absolute atomic E-state index is 0.0414. The van der Waals surface area contributed by atoms with Crippen LogP contribution in [-0.4, -0.2) is 32.1 Å². The molecule has 0 spiro atoms. The Hall–Kier alpha value is -1.89. The van der Waals surface area contributed by atoms with E-state index in [4.69, 9.17) is 4.74 Å². The highest BCUT2D eigenvalue weighted by Crippen LogP contribution is 2.36. The molecule has 0 fully saturated rings. The average molecular weight is 272 g/mol. The SMILES string of the molecule is COC(=O)c1sc(C(=O)OC)c(OC(C)=O)c1C. The van der Waals surface area contributed by atoms with Gasteiger partial charge in [-0.25, -0.2) is 9.59 Å². The lowest BCUT2D eigenvalue weighted by Crippen LogP contribution is -2.07. The largest absolute Gasteiger partial charge is 0.465 e. The molecule has 1 aromatic heterocycles. The van der Waals surface area contributed by atoms with Crippen molar-refractivity contribution < 1.29 is 28.6 Å². The van der Waals surface area contributed by atoms with Gasteiger partial charge in [-0.15, -0.1) is 11.3 Å². The molecule has 1 aromatic rings. The molecular weight excluding hydrogens is 260 g/mol. The fourth-order valence-electron chi connectivity index (χ4n) is 1.28. The number of hydrogen-bond acceptors (Lipinski definition) is 7. The lowest BCUT2D eigenvalue weighted by molar-refractivity contribution is -0.131. The highest BCUT2D eigenvalue weighted by molar-refractivity contribution is 7.16. The molecule has 1 heterocycles. The Morgan fingerprint density at radius 1 is 1.00 bits per heavy atom. The third-order valence-electron chi connectivity index (χ3n) is 2.08. The van der Waals surface area contributed by atoms with Crippen molar-refractivity contribution in [1.29, 1.82) is 0 Å². The van der Waals surface area contributed by atoms with Gasteiger partial charge in [0.15, 0.2) is 10.6 Å². The van der Waals surface area contributed by atoms with E-state index in [-0.39, 0.29) is 15.5 Å². The zero-order chi connectivity index (χ0) is 13.9. The second-order valence-corrected chi connectivity index (χ2v) is 4.31. The summed E-state index contributed by atoms with van der Waals surface area (Å²) in [6.07, 6.45) is 0. The summed E-state index contributed by atoms with van der Waals surface area (Å²) in [6.45, 7) is 2.77. The van der Waals surface area contributed by atoms with Crippen molar-refractivity contribution >= 4 is 29.2 Å². The quantitative estimate of drug-likeness (QED) is 0.777. The van der Waals surface area contributed by atoms with Crippen molar-refractivity contribution in [3.63, 3.8) is 0 Å². The van der Waals surface area contributed by atoms with Crippen LogP contribution in [0.5, 0.6) is 5.75 Å². The second kappa shape index (κ2) is 5.63. The van der Waals surface area contributed by atoms with Crippen LogP contribution >= 0.6 is 11.3 Å². The molecule has 0 saturated heterocycles. The van der Waals surface area contributed by atoms with Crippen LogP contribution in [0.2, 0.25) is 0 Å². The maximum atomic E-state index is 11.5. The molecule has 0 bridgehead atoms. The van der Waals surface area contributed by atoms with E-state index in [0.29, 0.717) is 5.56 Å². The van der Waals surface area contributed by atoms with Crippen LogP contribution in [0.25, 0.3) is 0 Å². The van der Waals surface area contributed by atoms with Gasteiger partial charge in [-0.3, -0.25) is 4.79 Å². The van der Waals surface area contributed by atoms with Gasteiger partial charge in [0.2, 0.25) is 0 Å². The Kier molecular flexibility index (Phi) is 4.43. The minimum atomic E-state index is -0.672. The van der Waals surface area contributed by atoms with Crippen LogP contribution in [0.15, 0.2) is 0 Å². The van der Waals surface area contributed by atoms with E-state index in [9.17, 15) is 14.4 Å². The Labute approximate surface area is 107 Å². The van der Waals surface area contributed by atoms with Crippen LogP contribution in [0.3, 0.4) is 0 Å². The van der Waals surface area contributed by atoms with Crippen molar-refractivity contribution in [2.45, 2.75) is 13.8 Å². The van der Waals surface area contributed by atoms with Gasteiger partial charge < -0.3 is 14.2 Å². The summed E-state index contributed by atoms with van der Waals surface area (Å²) in [7, 11) is 2.43. The fourth-order valence-corrected chi connectivity index (χ4v) is 2.35. The molecule has 0 N–H and O–H groups in total. The van der Waals surface area contributed by atoms with Gasteiger partial charge in [-0.1, -0.05) is 0 Å². The Balaban J connectivity index is 3.35. The van der Waals surface area contributed by atoms with E-state index in [0.717, 1.165) is 11.3 Å². The number of methoxy groups -OCH3 is 2. The standard InChI is InChI=1S/C11H12O6S/c1-5-7(17-6(2)12)9(11(14)16-4)18-8(5)10(13)15-3/h1-4H3. The predicted octanol–water partition coefficient (Wildman–Crippen LogP) is 1.56. The molecule has 0 aromatic carbocycles. The van der Waals surface area contributed by atoms with Gasteiger partial charge in [-0.2, -0.15) is 0 Å². The molecule has 0 saturated carbocycles. The average Bonchev–Trinajstić information content (AvgIpc) is 2.65. The van der Waals surface area contributed by atoms with Gasteiger partial charge in [0.25, 0.3) is 0 Å². The predicted molar refractivity (Wildman–Crippen MR) is 63.0 cm³/mol. The van der Waals surface area contributed by atoms with Gasteiger partial charge in [-0.05, 0) is 6.92 Å². The Bertz CT molecular complexity index is 502. The molecular formula is C11H12O6S. The van der Waals surface area contributed by atoms with E-state index in [1.165, 1.54) is 21.1 Å². The molecule has 6 nitrogen and oxygen atoms in total. The topological polar surface area (TPSA) is 78.9 Å². The fraction of sp³-hybridized carbons (Fsp3) is 0.364. The Morgan fingerprint density at radius 3 is 1.94 bits per heavy atom. The highest BCUT2D eigenvalue weighted by atomic mass is 32.1. The van der Waals surface area contributed by atoms with E-state index in [1.807, 2.05) is 0 Å². The smallest absolute Gasteiger partial charge is 0.351 e. The summed E-state index contributed by atoms with van der Waals surface area (Å²) in [5.41, 5.74) is 0.377. The highest BCUT2D eigenvalue weighted by Gasteiger charge is 2.27. The second-order valence-electron chi connectivity index (χ2n) is 3.29. The van der Waals surface area contributed by atoms with Crippen molar-refractivity contribution in [1.82, 2.24) is 0 Å². The lowest BCUT2D eigenvalue weighted by atomic mass is 10.2. The number of rotatable bonds is 3. The normalized spacial score (nSPS) is 9.78.